The minimum Gasteiger partial charge on any atom is -0.481 e. The maximum Gasteiger partial charge on any atom is 0.303 e. The minimum absolute atomic E-state index is 0.0556. The molecule has 0 spiro atoms. The summed E-state index contributed by atoms with van der Waals surface area (Å²) in [5, 5.41) is 8.89. The van der Waals surface area contributed by atoms with E-state index in [1.54, 1.807) is 30.3 Å². The number of allylic oxidation sites excluding steroid dienone is 1. The quantitative estimate of drug-likeness (QED) is 0.606. The topological polar surface area (TPSA) is 80.4 Å². The Labute approximate surface area is 135 Å². The van der Waals surface area contributed by atoms with Gasteiger partial charge in [-0.3, -0.25) is 9.59 Å². The molecule has 23 heavy (non-hydrogen) atoms. The molecule has 0 saturated heterocycles. The molecule has 4 heteroatoms. The molecule has 0 aromatic heterocycles. The number of hydrogen-bond donors (Lipinski definition) is 2. The predicted molar refractivity (Wildman–Crippen MR) is 90.9 cm³/mol. The number of aliphatic carboxylic acids is 1. The van der Waals surface area contributed by atoms with Crippen molar-refractivity contribution >= 4 is 23.5 Å². The Morgan fingerprint density at radius 3 is 2.30 bits per heavy atom. The maximum atomic E-state index is 12.5. The Hall–Kier alpha value is -2.88. The van der Waals surface area contributed by atoms with Crippen LogP contribution in [0, 0.1) is 0 Å². The van der Waals surface area contributed by atoms with E-state index in [1.807, 2.05) is 30.3 Å². The molecular formula is C19H19NO3. The fourth-order valence-corrected chi connectivity index (χ4v) is 2.33. The number of anilines is 1. The van der Waals surface area contributed by atoms with Crippen LogP contribution >= 0.6 is 0 Å². The average molecular weight is 309 g/mol. The third-order valence-electron chi connectivity index (χ3n) is 3.57. The van der Waals surface area contributed by atoms with Crippen LogP contribution in [-0.4, -0.2) is 16.9 Å². The highest BCUT2D eigenvalue weighted by molar-refractivity contribution is 5.98. The molecule has 1 atom stereocenters. The van der Waals surface area contributed by atoms with Gasteiger partial charge in [0.05, 0.1) is 0 Å². The number of nitrogen functional groups attached to an aromatic ring is 1. The van der Waals surface area contributed by atoms with Crippen LogP contribution < -0.4 is 5.73 Å². The third kappa shape index (κ3) is 5.11. The van der Waals surface area contributed by atoms with Gasteiger partial charge >= 0.3 is 5.97 Å². The number of nitrogens with two attached hydrogens (primary N) is 1. The van der Waals surface area contributed by atoms with E-state index in [0.717, 1.165) is 11.1 Å². The molecule has 0 aliphatic heterocycles. The van der Waals surface area contributed by atoms with Crippen molar-refractivity contribution in [1.29, 1.82) is 0 Å². The van der Waals surface area contributed by atoms with E-state index < -0.39 is 11.9 Å². The van der Waals surface area contributed by atoms with Gasteiger partial charge in [0.2, 0.25) is 0 Å². The predicted octanol–water partition coefficient (Wildman–Crippen LogP) is 3.50. The van der Waals surface area contributed by atoms with Gasteiger partial charge in [0.1, 0.15) is 0 Å². The number of carbonyl (C=O) groups is 2. The summed E-state index contributed by atoms with van der Waals surface area (Å²) in [6.45, 7) is 0. The van der Waals surface area contributed by atoms with Gasteiger partial charge in [-0.25, -0.2) is 0 Å². The standard InChI is InChI=1S/C19H19NO3/c20-16-9-7-15(8-10-16)17(11-13-19(22)23)18(21)12-6-14-4-2-1-3-5-14/h1-10,12,17H,11,13,20H2,(H,22,23)/b12-6+. The van der Waals surface area contributed by atoms with Crippen molar-refractivity contribution in [2.45, 2.75) is 18.8 Å². The number of benzene rings is 2. The van der Waals surface area contributed by atoms with Crippen LogP contribution in [0.1, 0.15) is 29.9 Å². The lowest BCUT2D eigenvalue weighted by Gasteiger charge is -2.13. The van der Waals surface area contributed by atoms with Crippen LogP contribution in [0.2, 0.25) is 0 Å². The summed E-state index contributed by atoms with van der Waals surface area (Å²) >= 11 is 0. The molecule has 2 aromatic rings. The Morgan fingerprint density at radius 1 is 1.04 bits per heavy atom. The zero-order chi connectivity index (χ0) is 16.7. The van der Waals surface area contributed by atoms with Gasteiger partial charge in [0, 0.05) is 18.0 Å². The van der Waals surface area contributed by atoms with Crippen molar-refractivity contribution in [3.63, 3.8) is 0 Å². The highest BCUT2D eigenvalue weighted by Crippen LogP contribution is 2.24. The molecular weight excluding hydrogens is 290 g/mol. The fraction of sp³-hybridized carbons (Fsp3) is 0.158. The van der Waals surface area contributed by atoms with Crippen LogP contribution in [0.4, 0.5) is 5.69 Å². The van der Waals surface area contributed by atoms with Gasteiger partial charge in [-0.2, -0.15) is 0 Å². The van der Waals surface area contributed by atoms with Crippen molar-refractivity contribution in [3.8, 4) is 0 Å². The first-order valence-electron chi connectivity index (χ1n) is 7.40. The Bertz CT molecular complexity index is 690. The lowest BCUT2D eigenvalue weighted by atomic mass is 9.89. The first-order chi connectivity index (χ1) is 11.1. The second-order valence-corrected chi connectivity index (χ2v) is 5.30. The number of rotatable bonds is 7. The molecule has 0 bridgehead atoms. The molecule has 0 aliphatic carbocycles. The summed E-state index contributed by atoms with van der Waals surface area (Å²) < 4.78 is 0. The molecule has 4 nitrogen and oxygen atoms in total. The van der Waals surface area contributed by atoms with Crippen molar-refractivity contribution < 1.29 is 14.7 Å². The average Bonchev–Trinajstić information content (AvgIpc) is 2.55. The van der Waals surface area contributed by atoms with E-state index in [0.29, 0.717) is 5.69 Å². The highest BCUT2D eigenvalue weighted by atomic mass is 16.4. The van der Waals surface area contributed by atoms with Crippen LogP contribution in [0.5, 0.6) is 0 Å². The number of carbonyl (C=O) groups excluding carboxylic acids is 1. The summed E-state index contributed by atoms with van der Waals surface area (Å²) in [4.78, 5) is 23.3. The summed E-state index contributed by atoms with van der Waals surface area (Å²) in [5.41, 5.74) is 7.98. The Balaban J connectivity index is 2.18. The maximum absolute atomic E-state index is 12.5. The summed E-state index contributed by atoms with van der Waals surface area (Å²) in [7, 11) is 0. The molecule has 0 amide bonds. The SMILES string of the molecule is Nc1ccc(C(CCC(=O)O)C(=O)/C=C/c2ccccc2)cc1. The van der Waals surface area contributed by atoms with Gasteiger partial charge in [-0.05, 0) is 35.8 Å². The summed E-state index contributed by atoms with van der Waals surface area (Å²) in [6.07, 6.45) is 3.46. The van der Waals surface area contributed by atoms with E-state index in [-0.39, 0.29) is 18.6 Å². The molecule has 0 fully saturated rings. The van der Waals surface area contributed by atoms with Crippen LogP contribution in [-0.2, 0) is 9.59 Å². The van der Waals surface area contributed by atoms with Crippen molar-refractivity contribution in [3.05, 3.63) is 71.8 Å². The third-order valence-corrected chi connectivity index (χ3v) is 3.57. The summed E-state index contributed by atoms with van der Waals surface area (Å²) in [6, 6.07) is 16.5. The molecule has 0 radical (unpaired) electrons. The lowest BCUT2D eigenvalue weighted by Crippen LogP contribution is -2.12. The largest absolute Gasteiger partial charge is 0.481 e. The van der Waals surface area contributed by atoms with Crippen molar-refractivity contribution in [2.24, 2.45) is 0 Å². The lowest BCUT2D eigenvalue weighted by molar-refractivity contribution is -0.137. The minimum atomic E-state index is -0.912. The van der Waals surface area contributed by atoms with Gasteiger partial charge < -0.3 is 10.8 Å². The van der Waals surface area contributed by atoms with Crippen molar-refractivity contribution in [2.75, 3.05) is 5.73 Å². The molecule has 3 N–H and O–H groups in total. The number of hydrogen-bond acceptors (Lipinski definition) is 3. The second kappa shape index (κ2) is 7.94. The highest BCUT2D eigenvalue weighted by Gasteiger charge is 2.19. The van der Waals surface area contributed by atoms with E-state index in [9.17, 15) is 9.59 Å². The van der Waals surface area contributed by atoms with Crippen molar-refractivity contribution in [1.82, 2.24) is 0 Å². The van der Waals surface area contributed by atoms with E-state index in [1.165, 1.54) is 6.08 Å². The van der Waals surface area contributed by atoms with E-state index in [4.69, 9.17) is 10.8 Å². The van der Waals surface area contributed by atoms with Crippen LogP contribution in [0.15, 0.2) is 60.7 Å². The second-order valence-electron chi connectivity index (χ2n) is 5.30. The molecule has 0 aliphatic rings. The molecule has 118 valence electrons. The molecule has 0 saturated carbocycles. The van der Waals surface area contributed by atoms with Crippen LogP contribution in [0.25, 0.3) is 6.08 Å². The van der Waals surface area contributed by atoms with Gasteiger partial charge in [0.15, 0.2) is 5.78 Å². The first-order valence-corrected chi connectivity index (χ1v) is 7.40. The van der Waals surface area contributed by atoms with E-state index in [2.05, 4.69) is 0 Å². The summed E-state index contributed by atoms with van der Waals surface area (Å²) in [5.74, 6) is -1.50. The fourth-order valence-electron chi connectivity index (χ4n) is 2.33. The monoisotopic (exact) mass is 309 g/mol. The van der Waals surface area contributed by atoms with Gasteiger partial charge in [-0.1, -0.05) is 48.5 Å². The molecule has 2 rings (SSSR count). The van der Waals surface area contributed by atoms with Gasteiger partial charge in [0.25, 0.3) is 0 Å². The normalized spacial score (nSPS) is 12.2. The number of carboxylic acid groups (broad SMARTS) is 1. The zero-order valence-corrected chi connectivity index (χ0v) is 12.7. The molecule has 1 unspecified atom stereocenters. The molecule has 0 heterocycles. The zero-order valence-electron chi connectivity index (χ0n) is 12.7. The smallest absolute Gasteiger partial charge is 0.303 e. The number of ketones is 1. The van der Waals surface area contributed by atoms with Gasteiger partial charge in [-0.15, -0.1) is 0 Å². The van der Waals surface area contributed by atoms with E-state index >= 15 is 0 Å². The number of carboxylic acids is 1. The van der Waals surface area contributed by atoms with Crippen LogP contribution in [0.3, 0.4) is 0 Å². The Morgan fingerprint density at radius 2 is 1.70 bits per heavy atom. The Kier molecular flexibility index (Phi) is 5.69. The molecule has 2 aromatic carbocycles. The first kappa shape index (κ1) is 16.5.